The van der Waals surface area contributed by atoms with Crippen LogP contribution in [0.15, 0.2) is 12.7 Å². The van der Waals surface area contributed by atoms with Crippen molar-refractivity contribution in [2.45, 2.75) is 32.6 Å². The fourth-order valence-electron chi connectivity index (χ4n) is 0.539. The number of unbranched alkanes of at least 4 members (excludes halogenated alkanes) is 3. The van der Waals surface area contributed by atoms with E-state index in [4.69, 9.17) is 0 Å². The van der Waals surface area contributed by atoms with Crippen molar-refractivity contribution >= 4 is 0 Å². The van der Waals surface area contributed by atoms with Crippen molar-refractivity contribution in [1.29, 1.82) is 0 Å². The maximum Gasteiger partial charge on any atom is -0.0312 e. The van der Waals surface area contributed by atoms with Crippen LogP contribution < -0.4 is 0 Å². The van der Waals surface area contributed by atoms with Crippen LogP contribution in [-0.4, -0.2) is 0 Å². The minimum Gasteiger partial charge on any atom is -0.103 e. The zero-order chi connectivity index (χ0) is 5.54. The molecule has 0 atom stereocenters. The number of rotatable bonds is 4. The van der Waals surface area contributed by atoms with Crippen LogP contribution in [0, 0.1) is 7.43 Å². The molecule has 0 fully saturated rings. The molecule has 0 saturated carbocycles. The van der Waals surface area contributed by atoms with Gasteiger partial charge in [-0.05, 0) is 20.3 Å². The monoisotopic (exact) mass is 111 g/mol. The first kappa shape index (κ1) is 10.7. The summed E-state index contributed by atoms with van der Waals surface area (Å²) in [5.74, 6) is 0. The molecule has 0 aliphatic carbocycles. The fourth-order valence-corrected chi connectivity index (χ4v) is 0.539. The maximum absolute atomic E-state index is 3.63. The molecule has 0 aromatic rings. The Kier molecular flexibility index (Phi) is 13.2. The summed E-state index contributed by atoms with van der Waals surface area (Å²) in [6, 6.07) is 0. The molecule has 0 rings (SSSR count). The molecule has 0 aliphatic rings. The van der Waals surface area contributed by atoms with E-state index in [1.54, 1.807) is 0 Å². The number of hydrogen-bond acceptors (Lipinski definition) is 0. The first-order chi connectivity index (χ1) is 3.41. The Morgan fingerprint density at radius 2 is 2.00 bits per heavy atom. The third-order valence-corrected chi connectivity index (χ3v) is 1.01. The number of hydrogen-bond donors (Lipinski definition) is 0. The summed E-state index contributed by atoms with van der Waals surface area (Å²) in [5, 5.41) is 0. The third-order valence-electron chi connectivity index (χ3n) is 1.01. The number of allylic oxidation sites excluding steroid dienone is 1. The second-order valence-corrected chi connectivity index (χ2v) is 1.78. The molecule has 0 aromatic carbocycles. The molecule has 0 saturated heterocycles. The molecule has 8 heavy (non-hydrogen) atoms. The highest BCUT2D eigenvalue weighted by Gasteiger charge is 1.77. The van der Waals surface area contributed by atoms with Gasteiger partial charge in [-0.3, -0.25) is 0 Å². The highest BCUT2D eigenvalue weighted by Crippen LogP contribution is 1.97. The third kappa shape index (κ3) is 9.22. The van der Waals surface area contributed by atoms with Crippen LogP contribution in [0.3, 0.4) is 0 Å². The first-order valence-corrected chi connectivity index (χ1v) is 3.02. The van der Waals surface area contributed by atoms with Crippen LogP contribution in [-0.2, 0) is 0 Å². The van der Waals surface area contributed by atoms with E-state index in [9.17, 15) is 0 Å². The Labute approximate surface area is 53.6 Å². The van der Waals surface area contributed by atoms with Crippen molar-refractivity contribution in [2.75, 3.05) is 0 Å². The van der Waals surface area contributed by atoms with Crippen LogP contribution in [0.1, 0.15) is 32.6 Å². The van der Waals surface area contributed by atoms with Gasteiger partial charge in [-0.1, -0.05) is 25.8 Å². The van der Waals surface area contributed by atoms with Crippen LogP contribution in [0.2, 0.25) is 0 Å². The Morgan fingerprint density at radius 1 is 1.38 bits per heavy atom. The molecule has 0 aliphatic heterocycles. The van der Waals surface area contributed by atoms with Gasteiger partial charge >= 0.3 is 0 Å². The minimum absolute atomic E-state index is 0. The van der Waals surface area contributed by atoms with Gasteiger partial charge in [0.25, 0.3) is 0 Å². The van der Waals surface area contributed by atoms with Crippen LogP contribution in [0.5, 0.6) is 0 Å². The topological polar surface area (TPSA) is 0 Å². The molecule has 0 nitrogen and oxygen atoms in total. The van der Waals surface area contributed by atoms with Crippen molar-refractivity contribution < 1.29 is 0 Å². The standard InChI is InChI=1S/C7H14.CH/c1-3-5-7-6-4-2;/h3H,1,4-7H2,2H3;1H. The lowest BCUT2D eigenvalue weighted by atomic mass is 10.2. The van der Waals surface area contributed by atoms with E-state index in [1.807, 2.05) is 6.08 Å². The zero-order valence-electron chi connectivity index (χ0n) is 5.69. The predicted molar refractivity (Wildman–Crippen MR) is 38.6 cm³/mol. The first-order valence-electron chi connectivity index (χ1n) is 3.02. The molecule has 0 unspecified atom stereocenters. The Hall–Kier alpha value is -0.260. The lowest BCUT2D eigenvalue weighted by molar-refractivity contribution is 0.730. The van der Waals surface area contributed by atoms with Gasteiger partial charge in [0.15, 0.2) is 0 Å². The molecule has 0 N–H and O–H groups in total. The van der Waals surface area contributed by atoms with E-state index >= 15 is 0 Å². The molecule has 0 heterocycles. The molecular weight excluding hydrogens is 96.1 g/mol. The summed E-state index contributed by atoms with van der Waals surface area (Å²) in [5.41, 5.74) is 0. The van der Waals surface area contributed by atoms with E-state index in [-0.39, 0.29) is 7.43 Å². The van der Waals surface area contributed by atoms with Crippen LogP contribution in [0.25, 0.3) is 0 Å². The SMILES string of the molecule is C=CCCCCC.[CH]. The van der Waals surface area contributed by atoms with Gasteiger partial charge in [0, 0.05) is 0 Å². The molecule has 0 bridgehead atoms. The lowest BCUT2D eigenvalue weighted by Gasteiger charge is -1.87. The van der Waals surface area contributed by atoms with Gasteiger partial charge in [0.05, 0.1) is 0 Å². The highest BCUT2D eigenvalue weighted by molar-refractivity contribution is 4.64. The molecule has 0 heteroatoms. The highest BCUT2D eigenvalue weighted by atomic mass is 13.8. The average Bonchev–Trinajstić information content (AvgIpc) is 1.69. The van der Waals surface area contributed by atoms with E-state index in [0.717, 1.165) is 0 Å². The molecule has 0 spiro atoms. The van der Waals surface area contributed by atoms with E-state index in [2.05, 4.69) is 13.5 Å². The Bertz CT molecular complexity index is 37.3. The summed E-state index contributed by atoms with van der Waals surface area (Å²) in [4.78, 5) is 0. The van der Waals surface area contributed by atoms with E-state index in [1.165, 1.54) is 25.7 Å². The largest absolute Gasteiger partial charge is 0.103 e. The second kappa shape index (κ2) is 9.88. The minimum atomic E-state index is 0. The van der Waals surface area contributed by atoms with Crippen molar-refractivity contribution in [2.24, 2.45) is 0 Å². The predicted octanol–water partition coefficient (Wildman–Crippen LogP) is 2.96. The van der Waals surface area contributed by atoms with Crippen LogP contribution in [0.4, 0.5) is 0 Å². The molecule has 3 radical (unpaired) electrons. The van der Waals surface area contributed by atoms with Gasteiger partial charge in [-0.15, -0.1) is 6.58 Å². The van der Waals surface area contributed by atoms with Gasteiger partial charge in [-0.2, -0.15) is 0 Å². The normalized spacial score (nSPS) is 7.62. The van der Waals surface area contributed by atoms with Crippen molar-refractivity contribution in [3.63, 3.8) is 0 Å². The van der Waals surface area contributed by atoms with E-state index < -0.39 is 0 Å². The van der Waals surface area contributed by atoms with Gasteiger partial charge in [-0.25, -0.2) is 0 Å². The summed E-state index contributed by atoms with van der Waals surface area (Å²) in [6.45, 7) is 5.84. The maximum atomic E-state index is 3.63. The fraction of sp³-hybridized carbons (Fsp3) is 0.625. The lowest BCUT2D eigenvalue weighted by Crippen LogP contribution is -1.67. The summed E-state index contributed by atoms with van der Waals surface area (Å²) in [6.07, 6.45) is 7.16. The van der Waals surface area contributed by atoms with Crippen molar-refractivity contribution in [3.05, 3.63) is 20.1 Å². The summed E-state index contributed by atoms with van der Waals surface area (Å²) < 4.78 is 0. The van der Waals surface area contributed by atoms with Gasteiger partial charge < -0.3 is 0 Å². The van der Waals surface area contributed by atoms with Gasteiger partial charge in [0.1, 0.15) is 0 Å². The zero-order valence-corrected chi connectivity index (χ0v) is 5.69. The molecular formula is C8H15. The molecule has 47 valence electrons. The quantitative estimate of drug-likeness (QED) is 0.386. The summed E-state index contributed by atoms with van der Waals surface area (Å²) >= 11 is 0. The van der Waals surface area contributed by atoms with Crippen molar-refractivity contribution in [3.8, 4) is 0 Å². The second-order valence-electron chi connectivity index (χ2n) is 1.78. The molecule has 0 amide bonds. The Balaban J connectivity index is 0. The van der Waals surface area contributed by atoms with Crippen LogP contribution >= 0.6 is 0 Å². The summed E-state index contributed by atoms with van der Waals surface area (Å²) in [7, 11) is 0. The molecule has 0 aromatic heterocycles. The van der Waals surface area contributed by atoms with Gasteiger partial charge in [0.2, 0.25) is 0 Å². The average molecular weight is 111 g/mol. The van der Waals surface area contributed by atoms with Crippen molar-refractivity contribution in [1.82, 2.24) is 0 Å². The Morgan fingerprint density at radius 3 is 2.38 bits per heavy atom. The smallest absolute Gasteiger partial charge is 0.0312 e. The van der Waals surface area contributed by atoms with E-state index in [0.29, 0.717) is 0 Å².